The molecule has 1 unspecified atom stereocenters. The fraction of sp³-hybridized carbons (Fsp3) is 1.00. The summed E-state index contributed by atoms with van der Waals surface area (Å²) in [7, 11) is -2.85. The molecule has 0 aromatic carbocycles. The molecule has 0 aliphatic heterocycles. The van der Waals surface area contributed by atoms with Crippen molar-refractivity contribution < 1.29 is 8.42 Å². The van der Waals surface area contributed by atoms with Crippen molar-refractivity contribution in [3.8, 4) is 0 Å². The Morgan fingerprint density at radius 1 is 1.24 bits per heavy atom. The first-order chi connectivity index (χ1) is 7.87. The van der Waals surface area contributed by atoms with Crippen LogP contribution >= 0.6 is 0 Å². The Bertz CT molecular complexity index is 305. The summed E-state index contributed by atoms with van der Waals surface area (Å²) in [5, 5.41) is 3.32. The van der Waals surface area contributed by atoms with Gasteiger partial charge in [-0.25, -0.2) is 8.42 Å². The molecule has 0 bridgehead atoms. The van der Waals surface area contributed by atoms with Crippen molar-refractivity contribution in [2.45, 2.75) is 52.0 Å². The van der Waals surface area contributed by atoms with E-state index in [1.165, 1.54) is 38.4 Å². The first-order valence-electron chi connectivity index (χ1n) is 6.78. The van der Waals surface area contributed by atoms with E-state index >= 15 is 0 Å². The van der Waals surface area contributed by atoms with Crippen LogP contribution in [0, 0.1) is 11.8 Å². The van der Waals surface area contributed by atoms with Crippen LogP contribution in [0.25, 0.3) is 0 Å². The van der Waals surface area contributed by atoms with Crippen molar-refractivity contribution in [3.63, 3.8) is 0 Å². The fourth-order valence-electron chi connectivity index (χ4n) is 2.66. The molecule has 1 fully saturated rings. The normalized spacial score (nSPS) is 27.9. The highest BCUT2D eigenvalue weighted by molar-refractivity contribution is 7.90. The second kappa shape index (κ2) is 6.74. The van der Waals surface area contributed by atoms with Gasteiger partial charge in [0.25, 0.3) is 0 Å². The molecule has 1 saturated carbocycles. The van der Waals surface area contributed by atoms with Gasteiger partial charge in [-0.1, -0.05) is 32.6 Å². The standard InChI is InChI=1S/C13H27NO2S/c1-11-4-6-13(7-5-11)8-9-14-12(2)10-17(3,15)16/h11-14H,4-10H2,1-3H3. The molecule has 1 aliphatic carbocycles. The summed E-state index contributed by atoms with van der Waals surface area (Å²) in [5.74, 6) is 2.00. The van der Waals surface area contributed by atoms with Crippen molar-refractivity contribution in [1.82, 2.24) is 5.32 Å². The third-order valence-electron chi connectivity index (χ3n) is 3.73. The summed E-state index contributed by atoms with van der Waals surface area (Å²) < 4.78 is 22.2. The van der Waals surface area contributed by atoms with Crippen LogP contribution in [-0.4, -0.2) is 33.0 Å². The largest absolute Gasteiger partial charge is 0.313 e. The van der Waals surface area contributed by atoms with Gasteiger partial charge in [-0.3, -0.25) is 0 Å². The quantitative estimate of drug-likeness (QED) is 0.797. The molecule has 0 aromatic rings. The van der Waals surface area contributed by atoms with E-state index in [-0.39, 0.29) is 11.8 Å². The number of hydrogen-bond acceptors (Lipinski definition) is 3. The molecule has 0 amide bonds. The molecule has 0 saturated heterocycles. The minimum absolute atomic E-state index is 0.0764. The Balaban J connectivity index is 2.11. The van der Waals surface area contributed by atoms with Crippen molar-refractivity contribution in [2.24, 2.45) is 11.8 Å². The third-order valence-corrected chi connectivity index (χ3v) is 4.84. The molecule has 0 spiro atoms. The van der Waals surface area contributed by atoms with Gasteiger partial charge < -0.3 is 5.32 Å². The molecule has 1 N–H and O–H groups in total. The smallest absolute Gasteiger partial charge is 0.148 e. The van der Waals surface area contributed by atoms with Gasteiger partial charge in [0.1, 0.15) is 9.84 Å². The van der Waals surface area contributed by atoms with E-state index in [2.05, 4.69) is 12.2 Å². The summed E-state index contributed by atoms with van der Waals surface area (Å²) >= 11 is 0. The van der Waals surface area contributed by atoms with Gasteiger partial charge in [0.05, 0.1) is 5.75 Å². The average molecular weight is 261 g/mol. The highest BCUT2D eigenvalue weighted by Crippen LogP contribution is 2.29. The second-order valence-electron chi connectivity index (χ2n) is 5.86. The topological polar surface area (TPSA) is 46.2 Å². The molecule has 0 aromatic heterocycles. The Hall–Kier alpha value is -0.0900. The van der Waals surface area contributed by atoms with Crippen molar-refractivity contribution in [1.29, 1.82) is 0 Å². The lowest BCUT2D eigenvalue weighted by Crippen LogP contribution is -2.34. The molecular formula is C13H27NO2S. The molecule has 17 heavy (non-hydrogen) atoms. The van der Waals surface area contributed by atoms with Crippen LogP contribution in [-0.2, 0) is 9.84 Å². The maximum Gasteiger partial charge on any atom is 0.148 e. The Morgan fingerprint density at radius 3 is 2.35 bits per heavy atom. The first kappa shape index (κ1) is 15.0. The Labute approximate surface area is 106 Å². The highest BCUT2D eigenvalue weighted by Gasteiger charge is 2.18. The lowest BCUT2D eigenvalue weighted by atomic mass is 9.81. The predicted octanol–water partition coefficient (Wildman–Crippen LogP) is 2.23. The summed E-state index contributed by atoms with van der Waals surface area (Å²) in [6.45, 7) is 5.24. The van der Waals surface area contributed by atoms with Crippen LogP contribution in [0.4, 0.5) is 0 Å². The molecule has 4 heteroatoms. The van der Waals surface area contributed by atoms with E-state index in [9.17, 15) is 8.42 Å². The zero-order chi connectivity index (χ0) is 12.9. The van der Waals surface area contributed by atoms with Crippen LogP contribution in [0.3, 0.4) is 0 Å². The van der Waals surface area contributed by atoms with Gasteiger partial charge in [-0.15, -0.1) is 0 Å². The monoisotopic (exact) mass is 261 g/mol. The first-order valence-corrected chi connectivity index (χ1v) is 8.84. The Morgan fingerprint density at radius 2 is 1.82 bits per heavy atom. The van der Waals surface area contributed by atoms with E-state index in [4.69, 9.17) is 0 Å². The van der Waals surface area contributed by atoms with Crippen LogP contribution in [0.5, 0.6) is 0 Å². The minimum atomic E-state index is -2.85. The zero-order valence-corrected chi connectivity index (χ0v) is 12.2. The molecule has 1 atom stereocenters. The van der Waals surface area contributed by atoms with Crippen molar-refractivity contribution in [2.75, 3.05) is 18.6 Å². The number of nitrogens with one attached hydrogen (secondary N) is 1. The summed E-state index contributed by atoms with van der Waals surface area (Å²) in [4.78, 5) is 0. The van der Waals surface area contributed by atoms with Gasteiger partial charge in [-0.2, -0.15) is 0 Å². The van der Waals surface area contributed by atoms with Gasteiger partial charge in [0, 0.05) is 12.3 Å². The molecule has 1 rings (SSSR count). The average Bonchev–Trinajstić information content (AvgIpc) is 2.18. The van der Waals surface area contributed by atoms with Crippen molar-refractivity contribution >= 4 is 9.84 Å². The zero-order valence-electron chi connectivity index (χ0n) is 11.4. The number of hydrogen-bond donors (Lipinski definition) is 1. The summed E-state index contributed by atoms with van der Waals surface area (Å²) in [6.07, 6.45) is 7.92. The van der Waals surface area contributed by atoms with E-state index in [0.29, 0.717) is 0 Å². The molecule has 0 heterocycles. The highest BCUT2D eigenvalue weighted by atomic mass is 32.2. The van der Waals surface area contributed by atoms with Gasteiger partial charge in [0.2, 0.25) is 0 Å². The van der Waals surface area contributed by atoms with Gasteiger partial charge in [-0.05, 0) is 31.7 Å². The van der Waals surface area contributed by atoms with E-state index in [0.717, 1.165) is 18.4 Å². The molecule has 0 radical (unpaired) electrons. The third kappa shape index (κ3) is 7.04. The van der Waals surface area contributed by atoms with E-state index in [1.54, 1.807) is 0 Å². The van der Waals surface area contributed by atoms with Crippen LogP contribution in [0.2, 0.25) is 0 Å². The maximum atomic E-state index is 11.1. The summed E-state index contributed by atoms with van der Waals surface area (Å²) in [6, 6.07) is 0.0764. The van der Waals surface area contributed by atoms with Crippen LogP contribution < -0.4 is 5.32 Å². The lowest BCUT2D eigenvalue weighted by molar-refractivity contribution is 0.273. The second-order valence-corrected chi connectivity index (χ2v) is 8.05. The molecule has 102 valence electrons. The van der Waals surface area contributed by atoms with Crippen molar-refractivity contribution in [3.05, 3.63) is 0 Å². The van der Waals surface area contributed by atoms with Crippen LogP contribution in [0.15, 0.2) is 0 Å². The minimum Gasteiger partial charge on any atom is -0.313 e. The molecular weight excluding hydrogens is 234 g/mol. The number of sulfone groups is 1. The molecule has 1 aliphatic rings. The van der Waals surface area contributed by atoms with E-state index < -0.39 is 9.84 Å². The molecule has 3 nitrogen and oxygen atoms in total. The van der Waals surface area contributed by atoms with Gasteiger partial charge >= 0.3 is 0 Å². The Kier molecular flexibility index (Phi) is 5.93. The number of rotatable bonds is 6. The SMILES string of the molecule is CC1CCC(CCNC(C)CS(C)(=O)=O)CC1. The van der Waals surface area contributed by atoms with Crippen LogP contribution in [0.1, 0.15) is 46.0 Å². The predicted molar refractivity (Wildman–Crippen MR) is 72.9 cm³/mol. The van der Waals surface area contributed by atoms with E-state index in [1.807, 2.05) is 6.92 Å². The lowest BCUT2D eigenvalue weighted by Gasteiger charge is -2.26. The van der Waals surface area contributed by atoms with Gasteiger partial charge in [0.15, 0.2) is 0 Å². The fourth-order valence-corrected chi connectivity index (χ4v) is 3.69. The summed E-state index contributed by atoms with van der Waals surface area (Å²) in [5.41, 5.74) is 0. The maximum absolute atomic E-state index is 11.1.